The van der Waals surface area contributed by atoms with E-state index in [9.17, 15) is 8.42 Å². The number of aryl methyl sites for hydroxylation is 1. The summed E-state index contributed by atoms with van der Waals surface area (Å²) in [5.74, 6) is 0. The molecule has 1 unspecified atom stereocenters. The molecule has 0 aromatic heterocycles. The second-order valence-corrected chi connectivity index (χ2v) is 8.98. The molecule has 1 aliphatic rings. The second kappa shape index (κ2) is 8.33. The molecule has 0 saturated carbocycles. The van der Waals surface area contributed by atoms with Crippen molar-refractivity contribution in [1.82, 2.24) is 9.21 Å². The summed E-state index contributed by atoms with van der Waals surface area (Å²) in [6, 6.07) is 17.2. The molecule has 0 spiro atoms. The van der Waals surface area contributed by atoms with Gasteiger partial charge in [-0.25, -0.2) is 8.42 Å². The minimum absolute atomic E-state index is 0.00445. The highest BCUT2D eigenvalue weighted by atomic mass is 32.2. The van der Waals surface area contributed by atoms with Crippen LogP contribution in [0.5, 0.6) is 0 Å². The van der Waals surface area contributed by atoms with Crippen LogP contribution in [0.4, 0.5) is 0 Å². The number of hydrogen-bond donors (Lipinski definition) is 0. The molecular formula is C21H28N2O2S. The molecule has 1 heterocycles. The molecule has 0 N–H and O–H groups in total. The fourth-order valence-electron chi connectivity index (χ4n) is 3.58. The quantitative estimate of drug-likeness (QED) is 0.779. The molecule has 2 aromatic carbocycles. The average molecular weight is 373 g/mol. The van der Waals surface area contributed by atoms with Crippen molar-refractivity contribution < 1.29 is 8.42 Å². The maximum Gasteiger partial charge on any atom is 0.243 e. The van der Waals surface area contributed by atoms with E-state index in [1.165, 1.54) is 0 Å². The zero-order valence-corrected chi connectivity index (χ0v) is 16.5. The third kappa shape index (κ3) is 4.34. The molecular weight excluding hydrogens is 344 g/mol. The standard InChI is InChI=1S/C21H28N2O2S/c1-3-18-11-13-21(14-12-18)26(24,25)23(16-19-8-5-4-6-9-19)20-10-7-15-22(2)17-20/h4-6,8-9,11-14,20H,3,7,10,15-17H2,1-2H3. The van der Waals surface area contributed by atoms with Gasteiger partial charge in [0.25, 0.3) is 0 Å². The van der Waals surface area contributed by atoms with Crippen molar-refractivity contribution in [1.29, 1.82) is 0 Å². The zero-order chi connectivity index (χ0) is 18.6. The Kier molecular flexibility index (Phi) is 6.12. The van der Waals surface area contributed by atoms with Gasteiger partial charge in [0.2, 0.25) is 10.0 Å². The van der Waals surface area contributed by atoms with Crippen molar-refractivity contribution in [3.63, 3.8) is 0 Å². The highest BCUT2D eigenvalue weighted by molar-refractivity contribution is 7.89. The molecule has 0 amide bonds. The molecule has 1 saturated heterocycles. The Hall–Kier alpha value is -1.69. The summed E-state index contributed by atoms with van der Waals surface area (Å²) < 4.78 is 28.6. The first kappa shape index (κ1) is 19.1. The van der Waals surface area contributed by atoms with E-state index < -0.39 is 10.0 Å². The molecule has 0 radical (unpaired) electrons. The van der Waals surface area contributed by atoms with Crippen LogP contribution in [-0.2, 0) is 23.0 Å². The van der Waals surface area contributed by atoms with E-state index in [4.69, 9.17) is 0 Å². The summed E-state index contributed by atoms with van der Waals surface area (Å²) in [6.07, 6.45) is 2.83. The highest BCUT2D eigenvalue weighted by Gasteiger charge is 2.33. The number of rotatable bonds is 6. The lowest BCUT2D eigenvalue weighted by molar-refractivity contribution is 0.169. The third-order valence-corrected chi connectivity index (χ3v) is 7.04. The molecule has 1 fully saturated rings. The van der Waals surface area contributed by atoms with Crippen LogP contribution < -0.4 is 0 Å². The van der Waals surface area contributed by atoms with E-state index in [-0.39, 0.29) is 6.04 Å². The molecule has 1 atom stereocenters. The maximum atomic E-state index is 13.4. The van der Waals surface area contributed by atoms with Crippen LogP contribution in [0.25, 0.3) is 0 Å². The molecule has 0 bridgehead atoms. The first-order chi connectivity index (χ1) is 12.5. The molecule has 140 valence electrons. The molecule has 26 heavy (non-hydrogen) atoms. The van der Waals surface area contributed by atoms with E-state index >= 15 is 0 Å². The Bertz CT molecular complexity index is 804. The van der Waals surface area contributed by atoms with E-state index in [0.717, 1.165) is 43.5 Å². The molecule has 3 rings (SSSR count). The number of hydrogen-bond acceptors (Lipinski definition) is 3. The van der Waals surface area contributed by atoms with Crippen molar-refractivity contribution in [2.24, 2.45) is 0 Å². The van der Waals surface area contributed by atoms with Gasteiger partial charge in [-0.05, 0) is 56.1 Å². The van der Waals surface area contributed by atoms with Gasteiger partial charge in [-0.3, -0.25) is 0 Å². The fraction of sp³-hybridized carbons (Fsp3) is 0.429. The third-order valence-electron chi connectivity index (χ3n) is 5.13. The minimum Gasteiger partial charge on any atom is -0.305 e. The average Bonchev–Trinajstić information content (AvgIpc) is 2.67. The van der Waals surface area contributed by atoms with Crippen molar-refractivity contribution in [3.05, 3.63) is 65.7 Å². The number of benzene rings is 2. The summed E-state index contributed by atoms with van der Waals surface area (Å²) in [7, 11) is -1.48. The smallest absolute Gasteiger partial charge is 0.243 e. The van der Waals surface area contributed by atoms with Crippen LogP contribution in [-0.4, -0.2) is 43.8 Å². The van der Waals surface area contributed by atoms with Crippen LogP contribution >= 0.6 is 0 Å². The highest BCUT2D eigenvalue weighted by Crippen LogP contribution is 2.26. The lowest BCUT2D eigenvalue weighted by atomic mass is 10.1. The SMILES string of the molecule is CCc1ccc(S(=O)(=O)N(Cc2ccccc2)C2CCCN(C)C2)cc1. The van der Waals surface area contributed by atoms with E-state index in [1.54, 1.807) is 16.4 Å². The summed E-state index contributed by atoms with van der Waals surface area (Å²) in [4.78, 5) is 2.61. The van der Waals surface area contributed by atoms with Crippen LogP contribution in [0.15, 0.2) is 59.5 Å². The molecule has 0 aliphatic carbocycles. The minimum atomic E-state index is -3.54. The molecule has 2 aromatic rings. The summed E-state index contributed by atoms with van der Waals surface area (Å²) in [5, 5.41) is 0. The van der Waals surface area contributed by atoms with Crippen LogP contribution in [0.2, 0.25) is 0 Å². The van der Waals surface area contributed by atoms with Crippen LogP contribution in [0.1, 0.15) is 30.9 Å². The molecule has 5 heteroatoms. The number of likely N-dealkylation sites (N-methyl/N-ethyl adjacent to an activating group) is 1. The maximum absolute atomic E-state index is 13.4. The first-order valence-electron chi connectivity index (χ1n) is 9.34. The van der Waals surface area contributed by atoms with Gasteiger partial charge in [-0.15, -0.1) is 0 Å². The molecule has 4 nitrogen and oxygen atoms in total. The summed E-state index contributed by atoms with van der Waals surface area (Å²) >= 11 is 0. The topological polar surface area (TPSA) is 40.6 Å². The van der Waals surface area contributed by atoms with Gasteiger partial charge in [0.15, 0.2) is 0 Å². The Balaban J connectivity index is 1.94. The monoisotopic (exact) mass is 372 g/mol. The number of sulfonamides is 1. The van der Waals surface area contributed by atoms with Gasteiger partial charge in [-0.1, -0.05) is 49.4 Å². The first-order valence-corrected chi connectivity index (χ1v) is 10.8. The predicted octanol–water partition coefficient (Wildman–Crippen LogP) is 3.53. The number of likely N-dealkylation sites (tertiary alicyclic amines) is 1. The van der Waals surface area contributed by atoms with Gasteiger partial charge in [0, 0.05) is 19.1 Å². The van der Waals surface area contributed by atoms with Crippen molar-refractivity contribution in [3.8, 4) is 0 Å². The molecule has 1 aliphatic heterocycles. The van der Waals surface area contributed by atoms with E-state index in [0.29, 0.717) is 11.4 Å². The Morgan fingerprint density at radius 3 is 2.35 bits per heavy atom. The van der Waals surface area contributed by atoms with Gasteiger partial charge >= 0.3 is 0 Å². The Morgan fingerprint density at radius 2 is 1.73 bits per heavy atom. The second-order valence-electron chi connectivity index (χ2n) is 7.09. The van der Waals surface area contributed by atoms with Gasteiger partial charge in [0.1, 0.15) is 0 Å². The van der Waals surface area contributed by atoms with Crippen molar-refractivity contribution >= 4 is 10.0 Å². The fourth-order valence-corrected chi connectivity index (χ4v) is 5.21. The predicted molar refractivity (Wildman–Crippen MR) is 106 cm³/mol. The number of nitrogens with zero attached hydrogens (tertiary/aromatic N) is 2. The van der Waals surface area contributed by atoms with Gasteiger partial charge in [-0.2, -0.15) is 4.31 Å². The normalized spacial score (nSPS) is 19.0. The van der Waals surface area contributed by atoms with Gasteiger partial charge in [0.05, 0.1) is 4.90 Å². The van der Waals surface area contributed by atoms with Crippen LogP contribution in [0.3, 0.4) is 0 Å². The van der Waals surface area contributed by atoms with Crippen molar-refractivity contribution in [2.75, 3.05) is 20.1 Å². The van der Waals surface area contributed by atoms with Gasteiger partial charge < -0.3 is 4.90 Å². The summed E-state index contributed by atoms with van der Waals surface area (Å²) in [6.45, 7) is 4.29. The van der Waals surface area contributed by atoms with E-state index in [2.05, 4.69) is 18.9 Å². The number of piperidine rings is 1. The Labute approximate surface area is 157 Å². The van der Waals surface area contributed by atoms with Crippen LogP contribution in [0, 0.1) is 0 Å². The van der Waals surface area contributed by atoms with Crippen molar-refractivity contribution in [2.45, 2.75) is 43.7 Å². The van der Waals surface area contributed by atoms with E-state index in [1.807, 2.05) is 42.5 Å². The lowest BCUT2D eigenvalue weighted by Crippen LogP contribution is -2.48. The largest absolute Gasteiger partial charge is 0.305 e. The Morgan fingerprint density at radius 1 is 1.04 bits per heavy atom. The lowest BCUT2D eigenvalue weighted by Gasteiger charge is -2.37. The zero-order valence-electron chi connectivity index (χ0n) is 15.6. The summed E-state index contributed by atoms with van der Waals surface area (Å²) in [5.41, 5.74) is 2.17.